The Balaban J connectivity index is 1.83. The highest BCUT2D eigenvalue weighted by molar-refractivity contribution is 6.34. The number of aromatic amines is 4. The van der Waals surface area contributed by atoms with E-state index in [0.29, 0.717) is 10.9 Å². The minimum absolute atomic E-state index is 0.673. The summed E-state index contributed by atoms with van der Waals surface area (Å²) < 4.78 is 0. The molecule has 4 nitrogen and oxygen atoms in total. The van der Waals surface area contributed by atoms with E-state index in [1.54, 1.807) is 0 Å². The molecule has 4 N–H and O–H groups in total. The van der Waals surface area contributed by atoms with Crippen molar-refractivity contribution in [2.45, 2.75) is 0 Å². The van der Waals surface area contributed by atoms with Crippen molar-refractivity contribution in [2.75, 3.05) is 0 Å². The van der Waals surface area contributed by atoms with Crippen LogP contribution in [0.5, 0.6) is 0 Å². The second-order valence-electron chi connectivity index (χ2n) is 6.50. The summed E-state index contributed by atoms with van der Waals surface area (Å²) in [5.41, 5.74) is 5.11. The molecule has 120 valence electrons. The van der Waals surface area contributed by atoms with Gasteiger partial charge in [0.15, 0.2) is 0 Å². The lowest BCUT2D eigenvalue weighted by atomic mass is 9.94. The Morgan fingerprint density at radius 3 is 2.00 bits per heavy atom. The quantitative estimate of drug-likeness (QED) is 0.242. The average Bonchev–Trinajstić information content (AvgIpc) is 3.34. The van der Waals surface area contributed by atoms with Gasteiger partial charge in [0.2, 0.25) is 0 Å². The number of rotatable bonds is 0. The van der Waals surface area contributed by atoms with E-state index in [1.807, 2.05) is 54.6 Å². The molecule has 0 saturated carbocycles. The van der Waals surface area contributed by atoms with Crippen LogP contribution in [0.2, 0.25) is 0 Å². The number of H-pyrrole nitrogens is 4. The number of nitrogens with one attached hydrogen (secondary N) is 4. The van der Waals surface area contributed by atoms with Crippen molar-refractivity contribution in [2.24, 2.45) is 0 Å². The normalized spacial score (nSPS) is 12.6. The molecule has 0 spiro atoms. The van der Waals surface area contributed by atoms with Crippen molar-refractivity contribution in [1.82, 2.24) is 19.9 Å². The van der Waals surface area contributed by atoms with Crippen LogP contribution >= 0.6 is 0 Å². The van der Waals surface area contributed by atoms with Gasteiger partial charge in [-0.1, -0.05) is 10.9 Å². The van der Waals surface area contributed by atoms with Crippen LogP contribution in [-0.4, -0.2) is 35.6 Å². The van der Waals surface area contributed by atoms with E-state index < -0.39 is 0 Å². The summed E-state index contributed by atoms with van der Waals surface area (Å²) in [7, 11) is 12.3. The standard InChI is InChI=1S/C20H14B2N4/c21-17-8-15-6-13-3-1-11(23-13)5-12-2-4-14(24-12)7-16-9-18(22)20(26-16)10-19(17)25-15/h1-10,23-26H. The van der Waals surface area contributed by atoms with Crippen molar-refractivity contribution >= 4 is 50.9 Å². The molecule has 0 saturated heterocycles. The van der Waals surface area contributed by atoms with Crippen molar-refractivity contribution in [1.29, 1.82) is 0 Å². The summed E-state index contributed by atoms with van der Waals surface area (Å²) in [6, 6.07) is 12.0. The molecule has 8 bridgehead atoms. The summed E-state index contributed by atoms with van der Waals surface area (Å²) in [5, 5.41) is 3.77. The van der Waals surface area contributed by atoms with Gasteiger partial charge in [0.1, 0.15) is 15.7 Å². The van der Waals surface area contributed by atoms with Gasteiger partial charge in [0, 0.05) is 44.2 Å². The van der Waals surface area contributed by atoms with Crippen LogP contribution in [-0.2, 0) is 0 Å². The fourth-order valence-corrected chi connectivity index (χ4v) is 3.26. The highest BCUT2D eigenvalue weighted by Gasteiger charge is 2.02. The maximum atomic E-state index is 6.16. The number of fused-ring (bicyclic) bond motifs is 8. The van der Waals surface area contributed by atoms with Gasteiger partial charge in [0.05, 0.1) is 0 Å². The largest absolute Gasteiger partial charge is 0.356 e. The van der Waals surface area contributed by atoms with Crippen LogP contribution < -0.4 is 32.3 Å². The first kappa shape index (κ1) is 15.0. The zero-order valence-electron chi connectivity index (χ0n) is 13.9. The third-order valence-corrected chi connectivity index (χ3v) is 4.49. The molecule has 0 amide bonds. The SMILES string of the molecule is [B]c1cc2[nH]c1C=c1[nH]c(cc1[B])=Cc1ccc([nH]1)C=c1ccc([nH]1)=C2. The fraction of sp³-hybridized carbons (Fsp3) is 0. The van der Waals surface area contributed by atoms with E-state index in [1.165, 1.54) is 0 Å². The van der Waals surface area contributed by atoms with Crippen molar-refractivity contribution < 1.29 is 0 Å². The lowest BCUT2D eigenvalue weighted by Gasteiger charge is -1.91. The first-order valence-electron chi connectivity index (χ1n) is 8.36. The second-order valence-corrected chi connectivity index (χ2v) is 6.50. The third kappa shape index (κ3) is 2.69. The van der Waals surface area contributed by atoms with Gasteiger partial charge in [-0.25, -0.2) is 0 Å². The molecule has 4 radical (unpaired) electrons. The molecule has 0 aliphatic carbocycles. The Kier molecular flexibility index (Phi) is 3.25. The van der Waals surface area contributed by atoms with E-state index in [9.17, 15) is 0 Å². The Morgan fingerprint density at radius 2 is 1.23 bits per heavy atom. The van der Waals surface area contributed by atoms with Crippen LogP contribution in [0.3, 0.4) is 0 Å². The van der Waals surface area contributed by atoms with E-state index in [4.69, 9.17) is 15.7 Å². The lowest BCUT2D eigenvalue weighted by molar-refractivity contribution is 1.23. The summed E-state index contributed by atoms with van der Waals surface area (Å²) in [6.07, 6.45) is 8.04. The molecule has 6 heteroatoms. The van der Waals surface area contributed by atoms with Crippen LogP contribution in [0.25, 0.3) is 24.3 Å². The highest BCUT2D eigenvalue weighted by Crippen LogP contribution is 2.03. The first-order valence-corrected chi connectivity index (χ1v) is 8.36. The molecule has 5 heterocycles. The number of hydrogen-bond donors (Lipinski definition) is 4. The average molecular weight is 332 g/mol. The predicted octanol–water partition coefficient (Wildman–Crippen LogP) is -1.78. The molecule has 4 aromatic heterocycles. The molecule has 4 aromatic rings. The van der Waals surface area contributed by atoms with Crippen LogP contribution in [0, 0.1) is 0 Å². The van der Waals surface area contributed by atoms with Gasteiger partial charge in [-0.2, -0.15) is 0 Å². The first-order chi connectivity index (χ1) is 12.6. The number of hydrogen-bond acceptors (Lipinski definition) is 0. The van der Waals surface area contributed by atoms with E-state index in [2.05, 4.69) is 26.0 Å². The molecule has 1 aliphatic rings. The summed E-state index contributed by atoms with van der Waals surface area (Å²) in [6.45, 7) is 0. The molecule has 1 aliphatic heterocycles. The van der Waals surface area contributed by atoms with Crippen LogP contribution in [0.4, 0.5) is 0 Å². The Labute approximate surface area is 151 Å². The minimum Gasteiger partial charge on any atom is -0.356 e. The fourth-order valence-electron chi connectivity index (χ4n) is 3.26. The molecular weight excluding hydrogens is 318 g/mol. The predicted molar refractivity (Wildman–Crippen MR) is 107 cm³/mol. The minimum atomic E-state index is 0.673. The van der Waals surface area contributed by atoms with Gasteiger partial charge in [-0.05, 0) is 60.7 Å². The van der Waals surface area contributed by atoms with Crippen LogP contribution in [0.15, 0.2) is 36.4 Å². The summed E-state index contributed by atoms with van der Waals surface area (Å²) in [4.78, 5) is 13.4. The van der Waals surface area contributed by atoms with Gasteiger partial charge in [0.25, 0.3) is 0 Å². The maximum Gasteiger partial charge on any atom is 0.116 e. The van der Waals surface area contributed by atoms with Gasteiger partial charge >= 0.3 is 0 Å². The van der Waals surface area contributed by atoms with Crippen molar-refractivity contribution in [3.8, 4) is 0 Å². The van der Waals surface area contributed by atoms with E-state index >= 15 is 0 Å². The molecule has 0 unspecified atom stereocenters. The molecule has 26 heavy (non-hydrogen) atoms. The smallest absolute Gasteiger partial charge is 0.116 e. The van der Waals surface area contributed by atoms with Gasteiger partial charge in [-0.3, -0.25) is 0 Å². The summed E-state index contributed by atoms with van der Waals surface area (Å²) in [5.74, 6) is 0. The molecule has 0 fully saturated rings. The molecular formula is C20H14B2N4. The third-order valence-electron chi connectivity index (χ3n) is 4.49. The topological polar surface area (TPSA) is 63.2 Å². The zero-order valence-corrected chi connectivity index (χ0v) is 13.9. The maximum absolute atomic E-state index is 6.16. The van der Waals surface area contributed by atoms with Crippen molar-refractivity contribution in [3.05, 3.63) is 80.6 Å². The van der Waals surface area contributed by atoms with Crippen molar-refractivity contribution in [3.63, 3.8) is 0 Å². The number of aromatic nitrogens is 4. The highest BCUT2D eigenvalue weighted by atomic mass is 14.8. The second kappa shape index (κ2) is 5.63. The van der Waals surface area contributed by atoms with Gasteiger partial charge < -0.3 is 19.9 Å². The Bertz CT molecular complexity index is 1360. The zero-order chi connectivity index (χ0) is 17.7. The van der Waals surface area contributed by atoms with E-state index in [0.717, 1.165) is 44.2 Å². The lowest BCUT2D eigenvalue weighted by Crippen LogP contribution is -2.24. The molecule has 0 aromatic carbocycles. The monoisotopic (exact) mass is 332 g/mol. The van der Waals surface area contributed by atoms with E-state index in [-0.39, 0.29) is 0 Å². The Morgan fingerprint density at radius 1 is 0.538 bits per heavy atom. The van der Waals surface area contributed by atoms with Crippen LogP contribution in [0.1, 0.15) is 22.8 Å². The molecule has 5 rings (SSSR count). The molecule has 0 atom stereocenters. The Hall–Kier alpha value is -3.27. The van der Waals surface area contributed by atoms with Gasteiger partial charge in [-0.15, -0.1) is 0 Å². The summed E-state index contributed by atoms with van der Waals surface area (Å²) >= 11 is 0.